The molecule has 21 heavy (non-hydrogen) atoms. The number of nitrogens with zero attached hydrogens (tertiary/aromatic N) is 2. The largest absolute Gasteiger partial charge is 0.476 e. The fourth-order valence-corrected chi connectivity index (χ4v) is 2.19. The van der Waals surface area contributed by atoms with Crippen molar-refractivity contribution in [2.45, 2.75) is 6.92 Å². The van der Waals surface area contributed by atoms with Crippen LogP contribution in [0.4, 0.5) is 0 Å². The average Bonchev–Trinajstić information content (AvgIpc) is 2.80. The first-order chi connectivity index (χ1) is 10.1. The molecule has 0 amide bonds. The van der Waals surface area contributed by atoms with Gasteiger partial charge in [-0.2, -0.15) is 4.98 Å². The van der Waals surface area contributed by atoms with Crippen LogP contribution in [0.5, 0.6) is 11.6 Å². The highest BCUT2D eigenvalue weighted by atomic mass is 35.5. The molecule has 5 nitrogen and oxygen atoms in total. The molecule has 6 heteroatoms. The first-order valence-corrected chi connectivity index (χ1v) is 6.58. The predicted octanol–water partition coefficient (Wildman–Crippen LogP) is 3.79. The number of carboxylic acids is 1. The van der Waals surface area contributed by atoms with Crippen molar-refractivity contribution in [1.82, 2.24) is 9.38 Å². The molecule has 1 aromatic carbocycles. The van der Waals surface area contributed by atoms with Crippen LogP contribution in [-0.4, -0.2) is 20.5 Å². The highest BCUT2D eigenvalue weighted by Gasteiger charge is 2.21. The van der Waals surface area contributed by atoms with Crippen molar-refractivity contribution >= 4 is 23.2 Å². The lowest BCUT2D eigenvalue weighted by Gasteiger charge is -2.06. The first-order valence-electron chi connectivity index (χ1n) is 6.20. The minimum absolute atomic E-state index is 0.0150. The third kappa shape index (κ3) is 2.43. The van der Waals surface area contributed by atoms with Gasteiger partial charge in [-0.25, -0.2) is 4.79 Å². The summed E-state index contributed by atoms with van der Waals surface area (Å²) in [6.07, 6.45) is 1.62. The van der Waals surface area contributed by atoms with Gasteiger partial charge in [-0.1, -0.05) is 23.7 Å². The molecule has 1 N–H and O–H groups in total. The van der Waals surface area contributed by atoms with E-state index in [0.717, 1.165) is 5.56 Å². The molecular weight excluding hydrogens is 292 g/mol. The van der Waals surface area contributed by atoms with Crippen molar-refractivity contribution in [2.75, 3.05) is 0 Å². The van der Waals surface area contributed by atoms with Crippen LogP contribution in [0.1, 0.15) is 16.1 Å². The van der Waals surface area contributed by atoms with Crippen LogP contribution in [0.15, 0.2) is 42.6 Å². The molecule has 0 fully saturated rings. The number of rotatable bonds is 3. The topological polar surface area (TPSA) is 63.8 Å². The number of hydrogen-bond acceptors (Lipinski definition) is 3. The molecule has 0 aliphatic carbocycles. The summed E-state index contributed by atoms with van der Waals surface area (Å²) in [7, 11) is 0. The van der Waals surface area contributed by atoms with Crippen LogP contribution in [0.25, 0.3) is 5.65 Å². The zero-order valence-electron chi connectivity index (χ0n) is 11.1. The number of ether oxygens (including phenoxy) is 1. The van der Waals surface area contributed by atoms with Crippen LogP contribution in [-0.2, 0) is 0 Å². The van der Waals surface area contributed by atoms with Gasteiger partial charge in [-0.05, 0) is 36.8 Å². The minimum atomic E-state index is -1.12. The van der Waals surface area contributed by atoms with E-state index in [0.29, 0.717) is 16.4 Å². The fourth-order valence-electron chi connectivity index (χ4n) is 2.03. The molecule has 0 aliphatic heterocycles. The van der Waals surface area contributed by atoms with Crippen LogP contribution < -0.4 is 4.74 Å². The fraction of sp³-hybridized carbons (Fsp3) is 0.0667. The molecule has 0 unspecified atom stereocenters. The summed E-state index contributed by atoms with van der Waals surface area (Å²) in [5, 5.41) is 9.78. The van der Waals surface area contributed by atoms with E-state index in [4.69, 9.17) is 16.3 Å². The lowest BCUT2D eigenvalue weighted by Crippen LogP contribution is -2.03. The van der Waals surface area contributed by atoms with Crippen molar-refractivity contribution in [3.63, 3.8) is 0 Å². The highest BCUT2D eigenvalue weighted by molar-refractivity contribution is 6.32. The summed E-state index contributed by atoms with van der Waals surface area (Å²) in [5.41, 5.74) is 1.41. The van der Waals surface area contributed by atoms with Crippen molar-refractivity contribution in [3.8, 4) is 11.6 Å². The van der Waals surface area contributed by atoms with E-state index < -0.39 is 5.97 Å². The monoisotopic (exact) mass is 302 g/mol. The van der Waals surface area contributed by atoms with Crippen molar-refractivity contribution < 1.29 is 14.6 Å². The van der Waals surface area contributed by atoms with Crippen LogP contribution in [0.3, 0.4) is 0 Å². The third-order valence-corrected chi connectivity index (χ3v) is 3.31. The van der Waals surface area contributed by atoms with Crippen LogP contribution >= 0.6 is 11.6 Å². The van der Waals surface area contributed by atoms with Gasteiger partial charge in [0.25, 0.3) is 5.88 Å². The Morgan fingerprint density at radius 3 is 2.90 bits per heavy atom. The van der Waals surface area contributed by atoms with Gasteiger partial charge in [-0.3, -0.25) is 4.40 Å². The molecule has 0 spiro atoms. The number of halogens is 1. The summed E-state index contributed by atoms with van der Waals surface area (Å²) in [5.74, 6) is -0.726. The molecule has 2 aromatic heterocycles. The number of fused-ring (bicyclic) bond motifs is 1. The first kappa shape index (κ1) is 13.5. The average molecular weight is 303 g/mol. The van der Waals surface area contributed by atoms with E-state index in [1.54, 1.807) is 36.5 Å². The summed E-state index contributed by atoms with van der Waals surface area (Å²) in [6, 6.07) is 10.5. The van der Waals surface area contributed by atoms with E-state index in [1.807, 2.05) is 13.0 Å². The lowest BCUT2D eigenvalue weighted by molar-refractivity contribution is 0.0686. The van der Waals surface area contributed by atoms with Gasteiger partial charge in [-0.15, -0.1) is 0 Å². The number of aromatic nitrogens is 2. The van der Waals surface area contributed by atoms with Gasteiger partial charge >= 0.3 is 5.97 Å². The minimum Gasteiger partial charge on any atom is -0.476 e. The molecule has 3 aromatic rings. The van der Waals surface area contributed by atoms with Gasteiger partial charge in [0.2, 0.25) is 0 Å². The number of aromatic carboxylic acids is 1. The maximum Gasteiger partial charge on any atom is 0.358 e. The zero-order valence-corrected chi connectivity index (χ0v) is 11.8. The molecule has 0 aliphatic rings. The second kappa shape index (κ2) is 5.10. The quantitative estimate of drug-likeness (QED) is 0.799. The number of imidazole rings is 1. The summed E-state index contributed by atoms with van der Waals surface area (Å²) < 4.78 is 7.08. The lowest BCUT2D eigenvalue weighted by atomic mass is 10.2. The maximum atomic E-state index is 11.5. The van der Waals surface area contributed by atoms with Gasteiger partial charge in [0.05, 0.1) is 5.02 Å². The molecule has 106 valence electrons. The standard InChI is InChI=1S/C15H11ClN2O3/c1-9-5-6-10(16)11(8-9)21-14-13(15(19)20)18-7-3-2-4-12(18)17-14/h2-8H,1H3,(H,19,20). The molecule has 0 saturated heterocycles. The van der Waals surface area contributed by atoms with Gasteiger partial charge in [0.15, 0.2) is 5.69 Å². The number of benzene rings is 1. The molecule has 3 rings (SSSR count). The smallest absolute Gasteiger partial charge is 0.358 e. The van der Waals surface area contributed by atoms with Crippen molar-refractivity contribution in [1.29, 1.82) is 0 Å². The second-order valence-corrected chi connectivity index (χ2v) is 4.94. The SMILES string of the molecule is Cc1ccc(Cl)c(Oc2nc3ccccn3c2C(=O)O)c1. The Balaban J connectivity index is 2.14. The van der Waals surface area contributed by atoms with Crippen molar-refractivity contribution in [2.24, 2.45) is 0 Å². The summed E-state index contributed by atoms with van der Waals surface area (Å²) in [6.45, 7) is 1.89. The van der Waals surface area contributed by atoms with E-state index >= 15 is 0 Å². The Morgan fingerprint density at radius 2 is 2.14 bits per heavy atom. The van der Waals surface area contributed by atoms with E-state index in [9.17, 15) is 9.90 Å². The Hall–Kier alpha value is -2.53. The molecule has 0 atom stereocenters. The summed E-state index contributed by atoms with van der Waals surface area (Å²) >= 11 is 6.07. The van der Waals surface area contributed by atoms with Gasteiger partial charge < -0.3 is 9.84 Å². The molecule has 2 heterocycles. The Bertz CT molecular complexity index is 842. The Morgan fingerprint density at radius 1 is 1.33 bits per heavy atom. The summed E-state index contributed by atoms with van der Waals surface area (Å²) in [4.78, 5) is 15.7. The number of pyridine rings is 1. The number of hydrogen-bond donors (Lipinski definition) is 1. The van der Waals surface area contributed by atoms with Crippen molar-refractivity contribution in [3.05, 3.63) is 58.9 Å². The van der Waals surface area contributed by atoms with Crippen LogP contribution in [0.2, 0.25) is 5.02 Å². The Kier molecular flexibility index (Phi) is 3.27. The molecular formula is C15H11ClN2O3. The maximum absolute atomic E-state index is 11.5. The molecule has 0 saturated carbocycles. The third-order valence-electron chi connectivity index (χ3n) is 2.99. The number of carboxylic acid groups (broad SMARTS) is 1. The van der Waals surface area contributed by atoms with E-state index in [1.165, 1.54) is 4.40 Å². The van der Waals surface area contributed by atoms with Gasteiger partial charge in [0.1, 0.15) is 11.4 Å². The zero-order chi connectivity index (χ0) is 15.0. The highest BCUT2D eigenvalue weighted by Crippen LogP contribution is 2.32. The second-order valence-electron chi connectivity index (χ2n) is 4.54. The number of aryl methyl sites for hydroxylation is 1. The molecule has 0 radical (unpaired) electrons. The molecule has 0 bridgehead atoms. The number of carbonyl (C=O) groups is 1. The Labute approximate surface area is 125 Å². The van der Waals surface area contributed by atoms with E-state index in [-0.39, 0.29) is 11.6 Å². The normalized spacial score (nSPS) is 10.8. The van der Waals surface area contributed by atoms with E-state index in [2.05, 4.69) is 4.98 Å². The van der Waals surface area contributed by atoms with Crippen LogP contribution in [0, 0.1) is 6.92 Å². The van der Waals surface area contributed by atoms with Gasteiger partial charge in [0, 0.05) is 6.20 Å². The predicted molar refractivity (Wildman–Crippen MR) is 78.4 cm³/mol.